The van der Waals surface area contributed by atoms with Crippen LogP contribution in [0.4, 0.5) is 0 Å². The lowest BCUT2D eigenvalue weighted by Gasteiger charge is -2.28. The van der Waals surface area contributed by atoms with Crippen LogP contribution in [0.25, 0.3) is 0 Å². The largest absolute Gasteiger partial charge is 0.516 e. The van der Waals surface area contributed by atoms with Crippen molar-refractivity contribution in [3.8, 4) is 0 Å². The van der Waals surface area contributed by atoms with E-state index in [2.05, 4.69) is 19.9 Å². The molecule has 1 radical (unpaired) electrons. The van der Waals surface area contributed by atoms with E-state index in [1.165, 1.54) is 83.5 Å². The van der Waals surface area contributed by atoms with E-state index in [1.807, 2.05) is 6.08 Å². The van der Waals surface area contributed by atoms with Crippen molar-refractivity contribution in [2.24, 2.45) is 0 Å². The molecule has 2 N–H and O–H groups in total. The van der Waals surface area contributed by atoms with E-state index in [0.717, 1.165) is 64.0 Å². The third kappa shape index (κ3) is 22.2. The molecule has 0 aliphatic rings. The van der Waals surface area contributed by atoms with Gasteiger partial charge in [0.05, 0.1) is 11.9 Å². The van der Waals surface area contributed by atoms with Crippen molar-refractivity contribution in [1.29, 1.82) is 0 Å². The third-order valence-electron chi connectivity index (χ3n) is 6.45. The molecule has 0 fully saturated rings. The van der Waals surface area contributed by atoms with E-state index in [-0.39, 0.29) is 0 Å². The molecule has 0 aromatic heterocycles. The first-order valence-corrected chi connectivity index (χ1v) is 13.6. The lowest BCUT2D eigenvalue weighted by molar-refractivity contribution is 0.0165. The Balaban J connectivity index is 3.99. The van der Waals surface area contributed by atoms with Gasteiger partial charge in [0.2, 0.25) is 0 Å². The van der Waals surface area contributed by atoms with Crippen molar-refractivity contribution in [2.45, 2.75) is 154 Å². The second kappa shape index (κ2) is 23.9. The average Bonchev–Trinajstić information content (AvgIpc) is 2.77. The predicted molar refractivity (Wildman–Crippen MR) is 138 cm³/mol. The monoisotopic (exact) mass is 435 g/mol. The van der Waals surface area contributed by atoms with E-state index < -0.39 is 5.60 Å². The van der Waals surface area contributed by atoms with Gasteiger partial charge < -0.3 is 10.2 Å². The number of allylic oxidation sites excluding steroid dienone is 2. The lowest BCUT2D eigenvalue weighted by Crippen LogP contribution is -2.28. The van der Waals surface area contributed by atoms with Crippen LogP contribution in [-0.2, 0) is 0 Å². The summed E-state index contributed by atoms with van der Waals surface area (Å²) in [6.45, 7) is 6.05. The maximum atomic E-state index is 11.3. The molecule has 0 spiro atoms. The van der Waals surface area contributed by atoms with Gasteiger partial charge in [-0.2, -0.15) is 0 Å². The zero-order valence-corrected chi connectivity index (χ0v) is 21.0. The van der Waals surface area contributed by atoms with Crippen LogP contribution in [0.1, 0.15) is 148 Å². The van der Waals surface area contributed by atoms with Gasteiger partial charge in [-0.05, 0) is 51.4 Å². The molecule has 0 saturated heterocycles. The molecule has 0 bridgehead atoms. The fourth-order valence-electron chi connectivity index (χ4n) is 4.36. The van der Waals surface area contributed by atoms with Crippen LogP contribution in [0.5, 0.6) is 0 Å². The molecular formula is C29H55O2. The average molecular weight is 436 g/mol. The van der Waals surface area contributed by atoms with Crippen LogP contribution in [0.2, 0.25) is 0 Å². The summed E-state index contributed by atoms with van der Waals surface area (Å²) < 4.78 is 0. The highest BCUT2D eigenvalue weighted by atomic mass is 16.3. The van der Waals surface area contributed by atoms with Gasteiger partial charge in [0.15, 0.2) is 0 Å². The third-order valence-corrected chi connectivity index (χ3v) is 6.45. The molecular weight excluding hydrogens is 380 g/mol. The van der Waals surface area contributed by atoms with Gasteiger partial charge in [0.25, 0.3) is 0 Å². The van der Waals surface area contributed by atoms with Crippen molar-refractivity contribution in [3.63, 3.8) is 0 Å². The smallest absolute Gasteiger partial charge is 0.0751 e. The predicted octanol–water partition coefficient (Wildman–Crippen LogP) is 9.78. The van der Waals surface area contributed by atoms with Crippen molar-refractivity contribution < 1.29 is 10.2 Å². The number of hydrogen-bond acceptors (Lipinski definition) is 2. The molecule has 0 aliphatic heterocycles. The molecule has 183 valence electrons. The van der Waals surface area contributed by atoms with Crippen LogP contribution in [-0.4, -0.2) is 15.8 Å². The number of aliphatic hydroxyl groups excluding tert-OH is 1. The Hall–Kier alpha value is -0.760. The number of unbranched alkanes of at least 4 members (excludes halogenated alkanes) is 17. The van der Waals surface area contributed by atoms with Crippen LogP contribution < -0.4 is 0 Å². The van der Waals surface area contributed by atoms with Crippen molar-refractivity contribution in [2.75, 3.05) is 0 Å². The second-order valence-electron chi connectivity index (χ2n) is 9.56. The van der Waals surface area contributed by atoms with Crippen LogP contribution in [0, 0.1) is 6.42 Å². The highest BCUT2D eigenvalue weighted by molar-refractivity contribution is 4.85. The van der Waals surface area contributed by atoms with Crippen molar-refractivity contribution >= 4 is 0 Å². The summed E-state index contributed by atoms with van der Waals surface area (Å²) in [5, 5.41) is 20.0. The summed E-state index contributed by atoms with van der Waals surface area (Å²) in [4.78, 5) is 0. The van der Waals surface area contributed by atoms with Gasteiger partial charge >= 0.3 is 0 Å². The molecule has 1 atom stereocenters. The Morgan fingerprint density at radius 1 is 0.645 bits per heavy atom. The fraction of sp³-hybridized carbons (Fsp3) is 0.828. The Morgan fingerprint density at radius 3 is 1.71 bits per heavy atom. The minimum absolute atomic E-state index is 0.518. The highest BCUT2D eigenvalue weighted by Gasteiger charge is 2.25. The highest BCUT2D eigenvalue weighted by Crippen LogP contribution is 2.28. The summed E-state index contributed by atoms with van der Waals surface area (Å²) in [6, 6.07) is 0. The minimum atomic E-state index is -0.518. The van der Waals surface area contributed by atoms with Crippen LogP contribution in [0.3, 0.4) is 0 Å². The molecule has 0 amide bonds. The van der Waals surface area contributed by atoms with Crippen molar-refractivity contribution in [3.05, 3.63) is 31.4 Å². The van der Waals surface area contributed by atoms with E-state index in [4.69, 9.17) is 5.11 Å². The lowest BCUT2D eigenvalue weighted by atomic mass is 9.85. The van der Waals surface area contributed by atoms with Gasteiger partial charge in [-0.25, -0.2) is 0 Å². The van der Waals surface area contributed by atoms with E-state index >= 15 is 0 Å². The first-order chi connectivity index (χ1) is 15.2. The van der Waals surface area contributed by atoms with Gasteiger partial charge in [0.1, 0.15) is 0 Å². The van der Waals surface area contributed by atoms with Crippen LogP contribution in [0.15, 0.2) is 25.0 Å². The quantitative estimate of drug-likeness (QED) is 0.0850. The molecule has 2 heteroatoms. The number of aliphatic hydroxyl groups is 2. The SMILES string of the molecule is C=CCCCCCCCC[CH]CC(O)(CCCCC=CO)CCCCCCCCCC. The van der Waals surface area contributed by atoms with Gasteiger partial charge in [-0.15, -0.1) is 6.58 Å². The fourth-order valence-corrected chi connectivity index (χ4v) is 4.36. The standard InChI is InChI=1S/C29H55O2/c1-3-5-7-9-11-13-14-16-18-22-26-29(31,27-23-19-20-24-28-30)25-21-17-15-12-10-8-6-4-2/h3,22,24,28,30-31H,1,4-21,23,25-27H2,2H3. The topological polar surface area (TPSA) is 40.5 Å². The Morgan fingerprint density at radius 2 is 1.13 bits per heavy atom. The molecule has 2 nitrogen and oxygen atoms in total. The van der Waals surface area contributed by atoms with E-state index in [0.29, 0.717) is 0 Å². The number of rotatable bonds is 25. The molecule has 1 unspecified atom stereocenters. The zero-order chi connectivity index (χ0) is 22.9. The van der Waals surface area contributed by atoms with Crippen LogP contribution >= 0.6 is 0 Å². The molecule has 31 heavy (non-hydrogen) atoms. The second-order valence-corrected chi connectivity index (χ2v) is 9.56. The summed E-state index contributed by atoms with van der Waals surface area (Å²) in [7, 11) is 0. The molecule has 0 saturated carbocycles. The normalized spacial score (nSPS) is 13.6. The zero-order valence-electron chi connectivity index (χ0n) is 21.0. The summed E-state index contributed by atoms with van der Waals surface area (Å²) in [5.74, 6) is 0. The molecule has 0 aromatic carbocycles. The summed E-state index contributed by atoms with van der Waals surface area (Å²) in [6.07, 6.45) is 33.7. The van der Waals surface area contributed by atoms with E-state index in [9.17, 15) is 5.11 Å². The van der Waals surface area contributed by atoms with Gasteiger partial charge in [-0.3, -0.25) is 0 Å². The Bertz CT molecular complexity index is 390. The van der Waals surface area contributed by atoms with E-state index in [1.54, 1.807) is 6.08 Å². The summed E-state index contributed by atoms with van der Waals surface area (Å²) in [5.41, 5.74) is -0.518. The first-order valence-electron chi connectivity index (χ1n) is 13.6. The molecule has 0 rings (SSSR count). The first kappa shape index (κ1) is 30.2. The molecule has 0 heterocycles. The maximum Gasteiger partial charge on any atom is 0.0751 e. The van der Waals surface area contributed by atoms with Crippen molar-refractivity contribution in [1.82, 2.24) is 0 Å². The Kier molecular flexibility index (Phi) is 23.3. The Labute approximate surface area is 195 Å². The maximum absolute atomic E-state index is 11.3. The summed E-state index contributed by atoms with van der Waals surface area (Å²) >= 11 is 0. The van der Waals surface area contributed by atoms with Gasteiger partial charge in [-0.1, -0.05) is 115 Å². The van der Waals surface area contributed by atoms with Gasteiger partial charge in [0, 0.05) is 0 Å². The molecule has 0 aromatic rings. The number of hydrogen-bond donors (Lipinski definition) is 2. The molecule has 0 aliphatic carbocycles. The minimum Gasteiger partial charge on any atom is -0.516 e.